The van der Waals surface area contributed by atoms with Crippen molar-refractivity contribution < 1.29 is 9.53 Å². The van der Waals surface area contributed by atoms with Crippen LogP contribution in [0.5, 0.6) is 0 Å². The van der Waals surface area contributed by atoms with Gasteiger partial charge in [0.2, 0.25) is 0 Å². The normalized spacial score (nSPS) is 9.71. The molecule has 0 amide bonds. The predicted octanol–water partition coefficient (Wildman–Crippen LogP) is 3.33. The molecule has 0 fully saturated rings. The third-order valence-electron chi connectivity index (χ3n) is 2.92. The summed E-state index contributed by atoms with van der Waals surface area (Å²) in [6.07, 6.45) is 0.389. The van der Waals surface area contributed by atoms with Gasteiger partial charge in [0, 0.05) is 13.1 Å². The summed E-state index contributed by atoms with van der Waals surface area (Å²) in [4.78, 5) is 11.6. The third-order valence-corrected chi connectivity index (χ3v) is 2.92. The molecule has 0 aliphatic rings. The van der Waals surface area contributed by atoms with Gasteiger partial charge in [0.05, 0.1) is 6.42 Å². The van der Waals surface area contributed by atoms with E-state index in [1.54, 1.807) is 0 Å². The van der Waals surface area contributed by atoms with Gasteiger partial charge in [0.15, 0.2) is 0 Å². The van der Waals surface area contributed by atoms with Crippen molar-refractivity contribution in [3.63, 3.8) is 0 Å². The molecular weight excluding hydrogens is 286 g/mol. The van der Waals surface area contributed by atoms with Gasteiger partial charge < -0.3 is 10.1 Å². The molecule has 0 aliphatic carbocycles. The molecule has 0 atom stereocenters. The Morgan fingerprint density at radius 3 is 2.10 bits per heavy atom. The molecule has 0 aliphatic heterocycles. The van der Waals surface area contributed by atoms with E-state index in [2.05, 4.69) is 17.4 Å². The van der Waals surface area contributed by atoms with Crippen LogP contribution in [0.2, 0.25) is 0 Å². The zero-order valence-corrected chi connectivity index (χ0v) is 12.6. The maximum Gasteiger partial charge on any atom is 0.307 e. The number of halogens is 1. The maximum atomic E-state index is 11.6. The summed E-state index contributed by atoms with van der Waals surface area (Å²) >= 11 is 0. The predicted molar refractivity (Wildman–Crippen MR) is 86.3 cm³/mol. The molecule has 2 aromatic rings. The third kappa shape index (κ3) is 6.93. The van der Waals surface area contributed by atoms with Crippen molar-refractivity contribution in [2.24, 2.45) is 0 Å². The van der Waals surface area contributed by atoms with Gasteiger partial charge in [0.1, 0.15) is 6.61 Å². The minimum atomic E-state index is -0.172. The monoisotopic (exact) mass is 305 g/mol. The van der Waals surface area contributed by atoms with E-state index >= 15 is 0 Å². The molecule has 0 radical (unpaired) electrons. The Bertz CT molecular complexity index is 517. The summed E-state index contributed by atoms with van der Waals surface area (Å²) in [6.45, 7) is 1.74. The maximum absolute atomic E-state index is 11.6. The molecule has 0 aromatic heterocycles. The number of carbonyl (C=O) groups is 1. The van der Waals surface area contributed by atoms with Gasteiger partial charge in [-0.3, -0.25) is 4.79 Å². The van der Waals surface area contributed by atoms with Crippen LogP contribution in [0.4, 0.5) is 0 Å². The van der Waals surface area contributed by atoms with Crippen LogP contribution in [0.3, 0.4) is 0 Å². The van der Waals surface area contributed by atoms with Crippen LogP contribution >= 0.6 is 12.4 Å². The molecule has 0 saturated carbocycles. The van der Waals surface area contributed by atoms with E-state index in [4.69, 9.17) is 4.74 Å². The van der Waals surface area contributed by atoms with Crippen molar-refractivity contribution >= 4 is 18.4 Å². The fraction of sp³-hybridized carbons (Fsp3) is 0.235. The van der Waals surface area contributed by atoms with Crippen molar-refractivity contribution in [1.29, 1.82) is 0 Å². The topological polar surface area (TPSA) is 38.3 Å². The molecule has 2 aromatic carbocycles. The first-order valence-electron chi connectivity index (χ1n) is 6.79. The minimum absolute atomic E-state index is 0. The molecule has 1 N–H and O–H groups in total. The number of hydrogen-bond acceptors (Lipinski definition) is 3. The number of rotatable bonds is 7. The van der Waals surface area contributed by atoms with Crippen molar-refractivity contribution in [1.82, 2.24) is 5.32 Å². The molecule has 112 valence electrons. The van der Waals surface area contributed by atoms with Crippen LogP contribution in [0.25, 0.3) is 0 Å². The van der Waals surface area contributed by atoms with Gasteiger partial charge in [-0.15, -0.1) is 12.4 Å². The molecule has 2 rings (SSSR count). The van der Waals surface area contributed by atoms with Crippen molar-refractivity contribution in [2.75, 3.05) is 6.54 Å². The number of esters is 1. The van der Waals surface area contributed by atoms with Gasteiger partial charge in [-0.05, 0) is 11.1 Å². The van der Waals surface area contributed by atoms with E-state index in [-0.39, 0.29) is 18.4 Å². The molecule has 0 unspecified atom stereocenters. The highest BCUT2D eigenvalue weighted by Gasteiger charge is 2.02. The first kappa shape index (κ1) is 17.2. The van der Waals surface area contributed by atoms with Crippen molar-refractivity contribution in [3.05, 3.63) is 71.8 Å². The van der Waals surface area contributed by atoms with E-state index in [0.717, 1.165) is 12.1 Å². The Morgan fingerprint density at radius 2 is 1.48 bits per heavy atom. The van der Waals surface area contributed by atoms with Crippen molar-refractivity contribution in [3.8, 4) is 0 Å². The lowest BCUT2D eigenvalue weighted by Gasteiger charge is -2.06. The molecule has 0 spiro atoms. The zero-order valence-electron chi connectivity index (χ0n) is 11.8. The molecular formula is C17H20ClNO2. The van der Waals surface area contributed by atoms with Crippen LogP contribution in [0, 0.1) is 0 Å². The number of hydrogen-bond donors (Lipinski definition) is 1. The average molecular weight is 306 g/mol. The molecule has 0 heterocycles. The largest absolute Gasteiger partial charge is 0.461 e. The van der Waals surface area contributed by atoms with E-state index in [9.17, 15) is 4.79 Å². The first-order chi connectivity index (χ1) is 9.84. The summed E-state index contributed by atoms with van der Waals surface area (Å²) in [7, 11) is 0. The van der Waals surface area contributed by atoms with Crippen LogP contribution in [0.1, 0.15) is 17.5 Å². The van der Waals surface area contributed by atoms with Crippen molar-refractivity contribution in [2.45, 2.75) is 19.6 Å². The van der Waals surface area contributed by atoms with Gasteiger partial charge in [-0.2, -0.15) is 0 Å². The molecule has 21 heavy (non-hydrogen) atoms. The summed E-state index contributed by atoms with van der Waals surface area (Å²) in [6, 6.07) is 19.8. The van der Waals surface area contributed by atoms with E-state index in [1.165, 1.54) is 5.56 Å². The SMILES string of the molecule is Cl.O=C(CCNCc1ccccc1)OCc1ccccc1. The minimum Gasteiger partial charge on any atom is -0.461 e. The lowest BCUT2D eigenvalue weighted by Crippen LogP contribution is -2.19. The number of ether oxygens (including phenoxy) is 1. The van der Waals surface area contributed by atoms with Crippen LogP contribution < -0.4 is 5.32 Å². The highest BCUT2D eigenvalue weighted by atomic mass is 35.5. The quantitative estimate of drug-likeness (QED) is 0.630. The fourth-order valence-electron chi connectivity index (χ4n) is 1.83. The van der Waals surface area contributed by atoms with E-state index < -0.39 is 0 Å². The summed E-state index contributed by atoms with van der Waals surface area (Å²) in [5.41, 5.74) is 2.23. The van der Waals surface area contributed by atoms with Gasteiger partial charge in [-0.1, -0.05) is 60.7 Å². The van der Waals surface area contributed by atoms with Crippen LogP contribution in [0.15, 0.2) is 60.7 Å². The second-order valence-electron chi connectivity index (χ2n) is 4.56. The number of carbonyl (C=O) groups excluding carboxylic acids is 1. The Kier molecular flexibility index (Phi) is 8.17. The first-order valence-corrected chi connectivity index (χ1v) is 6.79. The molecule has 0 bridgehead atoms. The zero-order chi connectivity index (χ0) is 14.0. The van der Waals surface area contributed by atoms with Crippen LogP contribution in [-0.2, 0) is 22.7 Å². The van der Waals surface area contributed by atoms with Gasteiger partial charge >= 0.3 is 5.97 Å². The van der Waals surface area contributed by atoms with Gasteiger partial charge in [-0.25, -0.2) is 0 Å². The fourth-order valence-corrected chi connectivity index (χ4v) is 1.83. The second-order valence-corrected chi connectivity index (χ2v) is 4.56. The Morgan fingerprint density at radius 1 is 0.905 bits per heavy atom. The number of benzene rings is 2. The van der Waals surface area contributed by atoms with E-state index in [1.807, 2.05) is 48.5 Å². The summed E-state index contributed by atoms with van der Waals surface area (Å²) in [5.74, 6) is -0.172. The number of nitrogens with one attached hydrogen (secondary N) is 1. The highest BCUT2D eigenvalue weighted by molar-refractivity contribution is 5.85. The summed E-state index contributed by atoms with van der Waals surface area (Å²) < 4.78 is 5.20. The molecule has 4 heteroatoms. The Hall–Kier alpha value is -1.84. The molecule has 3 nitrogen and oxygen atoms in total. The second kappa shape index (κ2) is 9.97. The lowest BCUT2D eigenvalue weighted by molar-refractivity contribution is -0.144. The standard InChI is InChI=1S/C17H19NO2.ClH/c19-17(20-14-16-9-5-2-6-10-16)11-12-18-13-15-7-3-1-4-8-15;/h1-10,18H,11-14H2;1H. The lowest BCUT2D eigenvalue weighted by atomic mass is 10.2. The Balaban J connectivity index is 0.00000220. The molecule has 0 saturated heterocycles. The van der Waals surface area contributed by atoms with Gasteiger partial charge in [0.25, 0.3) is 0 Å². The average Bonchev–Trinajstić information content (AvgIpc) is 2.52. The van der Waals surface area contributed by atoms with Crippen LogP contribution in [-0.4, -0.2) is 12.5 Å². The Labute approximate surface area is 131 Å². The highest BCUT2D eigenvalue weighted by Crippen LogP contribution is 2.01. The van der Waals surface area contributed by atoms with E-state index in [0.29, 0.717) is 19.6 Å². The smallest absolute Gasteiger partial charge is 0.307 e. The summed E-state index contributed by atoms with van der Waals surface area (Å²) in [5, 5.41) is 3.23.